The van der Waals surface area contributed by atoms with Crippen molar-refractivity contribution in [3.8, 4) is 5.75 Å². The lowest BCUT2D eigenvalue weighted by Gasteiger charge is -2.19. The van der Waals surface area contributed by atoms with E-state index >= 15 is 0 Å². The number of allylic oxidation sites excluding steroid dienone is 2. The van der Waals surface area contributed by atoms with Gasteiger partial charge in [-0.2, -0.15) is 0 Å². The lowest BCUT2D eigenvalue weighted by atomic mass is 9.85. The molecular weight excluding hydrogens is 466 g/mol. The van der Waals surface area contributed by atoms with Gasteiger partial charge in [0.05, 0.1) is 28.4 Å². The van der Waals surface area contributed by atoms with Crippen LogP contribution < -0.4 is 14.5 Å². The molecule has 0 saturated carbocycles. The molecule has 2 aromatic rings. The zero-order valence-corrected chi connectivity index (χ0v) is 19.5. The summed E-state index contributed by atoms with van der Waals surface area (Å²) < 4.78 is 5.52. The molecule has 0 bridgehead atoms. The van der Waals surface area contributed by atoms with Gasteiger partial charge in [0, 0.05) is 30.8 Å². The molecule has 1 aliphatic carbocycles. The maximum atomic E-state index is 12.9. The van der Waals surface area contributed by atoms with Crippen LogP contribution in [-0.4, -0.2) is 35.2 Å². The standard InChI is InChI=1S/C26H23N3O7/c1-15-12-19(10-11-22(15)28-24(31)20-4-2-3-5-21(20)25(28)32)36-26(33)16-13-23(30)27(14-16)17-6-8-18(9-7-17)29(34)35/h2-3,6-12,16,20-21H,4-5,13-14H2,1H3/t16-,20-,21-/m1/s1. The van der Waals surface area contributed by atoms with E-state index in [1.165, 1.54) is 40.1 Å². The minimum Gasteiger partial charge on any atom is -0.426 e. The molecule has 36 heavy (non-hydrogen) atoms. The van der Waals surface area contributed by atoms with Gasteiger partial charge >= 0.3 is 5.97 Å². The van der Waals surface area contributed by atoms with Crippen LogP contribution in [0.15, 0.2) is 54.6 Å². The summed E-state index contributed by atoms with van der Waals surface area (Å²) in [4.78, 5) is 64.0. The van der Waals surface area contributed by atoms with Crippen LogP contribution in [0.4, 0.5) is 17.1 Å². The van der Waals surface area contributed by atoms with Crippen LogP contribution in [0.25, 0.3) is 0 Å². The number of rotatable bonds is 5. The van der Waals surface area contributed by atoms with Gasteiger partial charge in [-0.3, -0.25) is 29.3 Å². The highest BCUT2D eigenvalue weighted by Gasteiger charge is 2.48. The minimum atomic E-state index is -0.704. The Kier molecular flexibility index (Phi) is 5.87. The third-order valence-corrected chi connectivity index (χ3v) is 6.97. The molecule has 3 atom stereocenters. The van der Waals surface area contributed by atoms with Crippen molar-refractivity contribution in [2.24, 2.45) is 17.8 Å². The fourth-order valence-corrected chi connectivity index (χ4v) is 5.05. The van der Waals surface area contributed by atoms with Gasteiger partial charge < -0.3 is 9.64 Å². The lowest BCUT2D eigenvalue weighted by Crippen LogP contribution is -2.31. The number of aryl methyl sites for hydroxylation is 1. The number of hydrogen-bond acceptors (Lipinski definition) is 7. The number of anilines is 2. The van der Waals surface area contributed by atoms with Gasteiger partial charge in [-0.05, 0) is 55.7 Å². The largest absolute Gasteiger partial charge is 0.426 e. The van der Waals surface area contributed by atoms with Crippen LogP contribution in [0.5, 0.6) is 5.75 Å². The number of nitro groups is 1. The third kappa shape index (κ3) is 4.04. The van der Waals surface area contributed by atoms with Crippen LogP contribution in [0.2, 0.25) is 0 Å². The molecule has 0 spiro atoms. The van der Waals surface area contributed by atoms with E-state index in [2.05, 4.69) is 0 Å². The highest BCUT2D eigenvalue weighted by Crippen LogP contribution is 2.39. The summed E-state index contributed by atoms with van der Waals surface area (Å²) in [5, 5.41) is 10.8. The van der Waals surface area contributed by atoms with Gasteiger partial charge in [-0.1, -0.05) is 12.2 Å². The van der Waals surface area contributed by atoms with Crippen molar-refractivity contribution in [1.82, 2.24) is 0 Å². The number of hydrogen-bond donors (Lipinski definition) is 0. The number of nitro benzene ring substituents is 1. The van der Waals surface area contributed by atoms with Gasteiger partial charge in [0.25, 0.3) is 5.69 Å². The highest BCUT2D eigenvalue weighted by molar-refractivity contribution is 6.22. The summed E-state index contributed by atoms with van der Waals surface area (Å²) in [6.07, 6.45) is 4.93. The summed E-state index contributed by atoms with van der Waals surface area (Å²) in [7, 11) is 0. The van der Waals surface area contributed by atoms with Gasteiger partial charge in [-0.25, -0.2) is 4.90 Å². The summed E-state index contributed by atoms with van der Waals surface area (Å²) in [6.45, 7) is 1.84. The maximum Gasteiger partial charge on any atom is 0.316 e. The van der Waals surface area contributed by atoms with Crippen LogP contribution in [0, 0.1) is 34.8 Å². The van der Waals surface area contributed by atoms with E-state index in [1.807, 2.05) is 12.2 Å². The number of non-ortho nitro benzene ring substituents is 1. The molecule has 2 heterocycles. The zero-order valence-electron chi connectivity index (χ0n) is 19.5. The molecule has 2 aromatic carbocycles. The van der Waals surface area contributed by atoms with Crippen molar-refractivity contribution in [2.45, 2.75) is 26.2 Å². The molecule has 10 nitrogen and oxygen atoms in total. The van der Waals surface area contributed by atoms with E-state index in [-0.39, 0.29) is 54.0 Å². The SMILES string of the molecule is Cc1cc(OC(=O)[C@@H]2CC(=O)N(c3ccc([N+](=O)[O-])cc3)C2)ccc1N1C(=O)[C@@H]2CC=CC[C@H]2C1=O. The van der Waals surface area contributed by atoms with Gasteiger partial charge in [-0.15, -0.1) is 0 Å². The number of imide groups is 1. The first-order valence-corrected chi connectivity index (χ1v) is 11.6. The van der Waals surface area contributed by atoms with Gasteiger partial charge in [0.1, 0.15) is 5.75 Å². The topological polar surface area (TPSA) is 127 Å². The van der Waals surface area contributed by atoms with E-state index in [4.69, 9.17) is 4.74 Å². The number of esters is 1. The highest BCUT2D eigenvalue weighted by atomic mass is 16.6. The molecule has 0 N–H and O–H groups in total. The Morgan fingerprint density at radius 1 is 1.00 bits per heavy atom. The van der Waals surface area contributed by atoms with Crippen molar-refractivity contribution < 1.29 is 28.8 Å². The van der Waals surface area contributed by atoms with Crippen molar-refractivity contribution in [3.63, 3.8) is 0 Å². The predicted octanol–water partition coefficient (Wildman–Crippen LogP) is 3.32. The van der Waals surface area contributed by atoms with Crippen molar-refractivity contribution in [1.29, 1.82) is 0 Å². The zero-order chi connectivity index (χ0) is 25.6. The van der Waals surface area contributed by atoms with Crippen LogP contribution >= 0.6 is 0 Å². The van der Waals surface area contributed by atoms with E-state index in [0.717, 1.165) is 0 Å². The van der Waals surface area contributed by atoms with Gasteiger partial charge in [0.2, 0.25) is 17.7 Å². The number of carbonyl (C=O) groups excluding carboxylic acids is 4. The van der Waals surface area contributed by atoms with Crippen molar-refractivity contribution in [2.75, 3.05) is 16.3 Å². The number of nitrogens with zero attached hydrogens (tertiary/aromatic N) is 3. The summed E-state index contributed by atoms with van der Waals surface area (Å²) in [5.41, 5.74) is 1.47. The van der Waals surface area contributed by atoms with Crippen LogP contribution in [0.1, 0.15) is 24.8 Å². The molecule has 3 aliphatic rings. The fourth-order valence-electron chi connectivity index (χ4n) is 5.05. The molecule has 3 amide bonds. The molecule has 0 radical (unpaired) electrons. The average Bonchev–Trinajstić information content (AvgIpc) is 3.37. The van der Waals surface area contributed by atoms with E-state index in [9.17, 15) is 29.3 Å². The van der Waals surface area contributed by atoms with Crippen LogP contribution in [0.3, 0.4) is 0 Å². The molecule has 2 saturated heterocycles. The van der Waals surface area contributed by atoms with E-state index < -0.39 is 16.8 Å². The monoisotopic (exact) mass is 489 g/mol. The molecular formula is C26H23N3O7. The number of amides is 3. The second-order valence-electron chi connectivity index (χ2n) is 9.22. The molecule has 2 aliphatic heterocycles. The Hall–Kier alpha value is -4.34. The number of fused-ring (bicyclic) bond motifs is 1. The summed E-state index contributed by atoms with van der Waals surface area (Å²) in [6, 6.07) is 10.3. The molecule has 10 heteroatoms. The normalized spacial score (nSPS) is 23.2. The lowest BCUT2D eigenvalue weighted by molar-refractivity contribution is -0.384. The summed E-state index contributed by atoms with van der Waals surface area (Å²) >= 11 is 0. The second kappa shape index (κ2) is 9.03. The molecule has 0 aromatic heterocycles. The van der Waals surface area contributed by atoms with E-state index in [0.29, 0.717) is 29.8 Å². The summed E-state index contributed by atoms with van der Waals surface area (Å²) in [5.74, 6) is -2.40. The average molecular weight is 489 g/mol. The Morgan fingerprint density at radius 2 is 1.64 bits per heavy atom. The van der Waals surface area contributed by atoms with Crippen molar-refractivity contribution >= 4 is 40.8 Å². The molecule has 184 valence electrons. The number of benzene rings is 2. The number of carbonyl (C=O) groups is 4. The van der Waals surface area contributed by atoms with Crippen LogP contribution in [-0.2, 0) is 19.2 Å². The molecule has 5 rings (SSSR count). The predicted molar refractivity (Wildman–Crippen MR) is 128 cm³/mol. The quantitative estimate of drug-likeness (QED) is 0.157. The Labute approximate surface area is 206 Å². The Bertz CT molecular complexity index is 1290. The Balaban J connectivity index is 1.26. The fraction of sp³-hybridized carbons (Fsp3) is 0.308. The first kappa shape index (κ1) is 23.4. The molecule has 2 fully saturated rings. The second-order valence-corrected chi connectivity index (χ2v) is 9.22. The smallest absolute Gasteiger partial charge is 0.316 e. The minimum absolute atomic E-state index is 0.0412. The van der Waals surface area contributed by atoms with Crippen molar-refractivity contribution in [3.05, 3.63) is 70.3 Å². The van der Waals surface area contributed by atoms with Gasteiger partial charge in [0.15, 0.2) is 0 Å². The maximum absolute atomic E-state index is 12.9. The first-order valence-electron chi connectivity index (χ1n) is 11.6. The molecule has 0 unspecified atom stereocenters. The third-order valence-electron chi connectivity index (χ3n) is 6.97. The Morgan fingerprint density at radius 3 is 2.22 bits per heavy atom. The van der Waals surface area contributed by atoms with E-state index in [1.54, 1.807) is 19.1 Å². The first-order chi connectivity index (χ1) is 17.2. The number of ether oxygens (including phenoxy) is 1.